The summed E-state index contributed by atoms with van der Waals surface area (Å²) in [6, 6.07) is 8.04. The van der Waals surface area contributed by atoms with Crippen LogP contribution in [0.25, 0.3) is 0 Å². The summed E-state index contributed by atoms with van der Waals surface area (Å²) >= 11 is 1.63. The summed E-state index contributed by atoms with van der Waals surface area (Å²) in [6.45, 7) is 3.95. The third-order valence-electron chi connectivity index (χ3n) is 3.27. The van der Waals surface area contributed by atoms with E-state index in [1.165, 1.54) is 5.56 Å². The number of rotatable bonds is 7. The maximum Gasteiger partial charge on any atom is 0.191 e. The molecule has 2 N–H and O–H groups in total. The molecule has 0 atom stereocenters. The summed E-state index contributed by atoms with van der Waals surface area (Å²) in [6.07, 6.45) is 0. The maximum atomic E-state index is 5.69. The van der Waals surface area contributed by atoms with Crippen LogP contribution in [0.1, 0.15) is 11.3 Å². The summed E-state index contributed by atoms with van der Waals surface area (Å²) in [5.74, 6) is 1.62. The van der Waals surface area contributed by atoms with Crippen molar-refractivity contribution in [2.24, 2.45) is 4.99 Å². The molecule has 0 saturated heterocycles. The van der Waals surface area contributed by atoms with Crippen LogP contribution in [0.4, 0.5) is 5.13 Å². The summed E-state index contributed by atoms with van der Waals surface area (Å²) in [4.78, 5) is 10.7. The van der Waals surface area contributed by atoms with Gasteiger partial charge in [-0.25, -0.2) is 4.98 Å². The average Bonchev–Trinajstić information content (AvgIpc) is 3.05. The minimum Gasteiger partial charge on any atom is -0.492 e. The molecule has 0 bridgehead atoms. The Morgan fingerprint density at radius 3 is 2.62 bits per heavy atom. The fraction of sp³-hybridized carbons (Fsp3) is 0.412. The van der Waals surface area contributed by atoms with Crippen molar-refractivity contribution in [1.82, 2.24) is 15.6 Å². The highest BCUT2D eigenvalue weighted by atomic mass is 32.1. The molecule has 1 aromatic heterocycles. The zero-order valence-corrected chi connectivity index (χ0v) is 15.5. The predicted octanol–water partition coefficient (Wildman–Crippen LogP) is 2.26. The van der Waals surface area contributed by atoms with E-state index >= 15 is 0 Å². The number of nitrogens with one attached hydrogen (secondary N) is 2. The number of guanidine groups is 1. The second kappa shape index (κ2) is 9.12. The van der Waals surface area contributed by atoms with Gasteiger partial charge in [0.05, 0.1) is 18.8 Å². The second-order valence-corrected chi connectivity index (χ2v) is 6.37. The van der Waals surface area contributed by atoms with Crippen molar-refractivity contribution in [1.29, 1.82) is 0 Å². The van der Waals surface area contributed by atoms with E-state index in [9.17, 15) is 0 Å². The van der Waals surface area contributed by atoms with E-state index < -0.39 is 0 Å². The van der Waals surface area contributed by atoms with E-state index in [-0.39, 0.29) is 0 Å². The first-order valence-corrected chi connectivity index (χ1v) is 8.72. The molecule has 24 heavy (non-hydrogen) atoms. The Morgan fingerprint density at radius 2 is 2.00 bits per heavy atom. The molecular weight excluding hydrogens is 322 g/mol. The third-order valence-corrected chi connectivity index (χ3v) is 4.32. The molecule has 0 aliphatic carbocycles. The van der Waals surface area contributed by atoms with Crippen LogP contribution in [0.2, 0.25) is 0 Å². The van der Waals surface area contributed by atoms with Crippen LogP contribution in [0, 0.1) is 6.92 Å². The quantitative estimate of drug-likeness (QED) is 0.457. The highest BCUT2D eigenvalue weighted by Crippen LogP contribution is 2.17. The van der Waals surface area contributed by atoms with Crippen molar-refractivity contribution in [3.05, 3.63) is 40.9 Å². The number of aliphatic imine (C=N–C) groups is 1. The third kappa shape index (κ3) is 5.73. The van der Waals surface area contributed by atoms with Crippen molar-refractivity contribution in [3.63, 3.8) is 0 Å². The fourth-order valence-electron chi connectivity index (χ4n) is 1.95. The first-order chi connectivity index (χ1) is 11.6. The molecule has 1 aromatic carbocycles. The Labute approximate surface area is 147 Å². The molecule has 0 fully saturated rings. The van der Waals surface area contributed by atoms with Crippen LogP contribution in [0.15, 0.2) is 34.6 Å². The number of nitrogens with zero attached hydrogens (tertiary/aromatic N) is 3. The standard InChI is InChI=1S/C17H25N5OS/c1-13-5-7-15(8-6-13)23-10-9-19-16(18-2)20-11-14-12-24-17(21-14)22(3)4/h5-8,12H,9-11H2,1-4H3,(H2,18,19,20). The second-order valence-electron chi connectivity index (χ2n) is 5.53. The molecule has 1 heterocycles. The van der Waals surface area contributed by atoms with Crippen LogP contribution < -0.4 is 20.3 Å². The zero-order valence-electron chi connectivity index (χ0n) is 14.7. The molecule has 0 amide bonds. The fourth-order valence-corrected chi connectivity index (χ4v) is 2.71. The predicted molar refractivity (Wildman–Crippen MR) is 101 cm³/mol. The molecule has 2 aromatic rings. The average molecular weight is 347 g/mol. The molecular formula is C17H25N5OS. The van der Waals surface area contributed by atoms with Crippen LogP contribution in [-0.4, -0.2) is 45.2 Å². The van der Waals surface area contributed by atoms with E-state index in [0.29, 0.717) is 19.7 Å². The van der Waals surface area contributed by atoms with Crippen LogP contribution in [-0.2, 0) is 6.54 Å². The lowest BCUT2D eigenvalue weighted by molar-refractivity contribution is 0.322. The molecule has 0 spiro atoms. The van der Waals surface area contributed by atoms with E-state index in [0.717, 1.165) is 22.5 Å². The van der Waals surface area contributed by atoms with Crippen LogP contribution in [0.5, 0.6) is 5.75 Å². The molecule has 130 valence electrons. The minimum absolute atomic E-state index is 0.575. The number of anilines is 1. The number of benzene rings is 1. The van der Waals surface area contributed by atoms with Gasteiger partial charge in [-0.2, -0.15) is 0 Å². The molecule has 0 radical (unpaired) electrons. The van der Waals surface area contributed by atoms with E-state index in [1.54, 1.807) is 18.4 Å². The van der Waals surface area contributed by atoms with Gasteiger partial charge in [0.1, 0.15) is 12.4 Å². The lowest BCUT2D eigenvalue weighted by Crippen LogP contribution is -2.38. The number of aromatic nitrogens is 1. The monoisotopic (exact) mass is 347 g/mol. The number of aryl methyl sites for hydroxylation is 1. The SMILES string of the molecule is CN=C(NCCOc1ccc(C)cc1)NCc1csc(N(C)C)n1. The Hall–Kier alpha value is -2.28. The molecule has 0 unspecified atom stereocenters. The number of hydrogen-bond acceptors (Lipinski definition) is 5. The Kier molecular flexibility index (Phi) is 6.87. The first kappa shape index (κ1) is 18.1. The van der Waals surface area contributed by atoms with Gasteiger partial charge in [-0.05, 0) is 19.1 Å². The van der Waals surface area contributed by atoms with E-state index in [2.05, 4.69) is 32.9 Å². The van der Waals surface area contributed by atoms with Crippen molar-refractivity contribution in [2.45, 2.75) is 13.5 Å². The smallest absolute Gasteiger partial charge is 0.191 e. The van der Waals surface area contributed by atoms with Gasteiger partial charge in [-0.3, -0.25) is 4.99 Å². The van der Waals surface area contributed by atoms with Crippen molar-refractivity contribution >= 4 is 22.4 Å². The van der Waals surface area contributed by atoms with Gasteiger partial charge in [-0.1, -0.05) is 17.7 Å². The largest absolute Gasteiger partial charge is 0.492 e. The molecule has 0 aliphatic rings. The number of thiazole rings is 1. The van der Waals surface area contributed by atoms with E-state index in [1.807, 2.05) is 43.3 Å². The number of hydrogen-bond donors (Lipinski definition) is 2. The molecule has 0 saturated carbocycles. The van der Waals surface area contributed by atoms with Gasteiger partial charge in [0.15, 0.2) is 11.1 Å². The van der Waals surface area contributed by atoms with Crippen molar-refractivity contribution in [3.8, 4) is 5.75 Å². The Balaban J connectivity index is 1.69. The van der Waals surface area contributed by atoms with Crippen molar-refractivity contribution < 1.29 is 4.74 Å². The Morgan fingerprint density at radius 1 is 1.25 bits per heavy atom. The molecule has 0 aliphatic heterocycles. The highest BCUT2D eigenvalue weighted by Gasteiger charge is 2.04. The number of ether oxygens (including phenoxy) is 1. The normalized spacial score (nSPS) is 11.2. The van der Waals surface area contributed by atoms with Gasteiger partial charge in [0, 0.05) is 26.5 Å². The van der Waals surface area contributed by atoms with Crippen LogP contribution in [0.3, 0.4) is 0 Å². The zero-order chi connectivity index (χ0) is 17.4. The lowest BCUT2D eigenvalue weighted by atomic mass is 10.2. The molecule has 6 nitrogen and oxygen atoms in total. The maximum absolute atomic E-state index is 5.69. The summed E-state index contributed by atoms with van der Waals surface area (Å²) in [7, 11) is 5.73. The van der Waals surface area contributed by atoms with Gasteiger partial charge in [-0.15, -0.1) is 11.3 Å². The summed E-state index contributed by atoms with van der Waals surface area (Å²) in [5.41, 5.74) is 2.23. The van der Waals surface area contributed by atoms with Gasteiger partial charge in [0.2, 0.25) is 0 Å². The molecule has 7 heteroatoms. The summed E-state index contributed by atoms with van der Waals surface area (Å²) < 4.78 is 5.69. The Bertz CT molecular complexity index is 651. The van der Waals surface area contributed by atoms with Gasteiger partial charge in [0.25, 0.3) is 0 Å². The van der Waals surface area contributed by atoms with Gasteiger partial charge >= 0.3 is 0 Å². The topological polar surface area (TPSA) is 61.8 Å². The van der Waals surface area contributed by atoms with Gasteiger partial charge < -0.3 is 20.3 Å². The lowest BCUT2D eigenvalue weighted by Gasteiger charge is -2.12. The van der Waals surface area contributed by atoms with Crippen molar-refractivity contribution in [2.75, 3.05) is 39.2 Å². The van der Waals surface area contributed by atoms with Crippen LogP contribution >= 0.6 is 11.3 Å². The summed E-state index contributed by atoms with van der Waals surface area (Å²) in [5, 5.41) is 9.54. The minimum atomic E-state index is 0.575. The highest BCUT2D eigenvalue weighted by molar-refractivity contribution is 7.13. The molecule has 2 rings (SSSR count). The van der Waals surface area contributed by atoms with E-state index in [4.69, 9.17) is 4.74 Å². The first-order valence-electron chi connectivity index (χ1n) is 7.84.